The average Bonchev–Trinajstić information content (AvgIpc) is 2.97. The molecule has 3 rings (SSSR count). The summed E-state index contributed by atoms with van der Waals surface area (Å²) in [5.74, 6) is 1.36. The van der Waals surface area contributed by atoms with Crippen LogP contribution in [0.4, 0.5) is 23.5 Å². The Labute approximate surface area is 154 Å². The van der Waals surface area contributed by atoms with Gasteiger partial charge in [0.25, 0.3) is 0 Å². The van der Waals surface area contributed by atoms with Gasteiger partial charge in [-0.25, -0.2) is 0 Å². The fourth-order valence-corrected chi connectivity index (χ4v) is 3.22. The highest BCUT2D eigenvalue weighted by Crippen LogP contribution is 2.25. The number of anilines is 4. The number of aromatic amines is 1. The Morgan fingerprint density at radius 1 is 1.04 bits per heavy atom. The summed E-state index contributed by atoms with van der Waals surface area (Å²) in [5.41, 5.74) is 1.88. The van der Waals surface area contributed by atoms with Crippen LogP contribution in [-0.4, -0.2) is 33.0 Å². The lowest BCUT2D eigenvalue weighted by Crippen LogP contribution is -2.11. The molecule has 9 heteroatoms. The standard InChI is InChI=1S/C16H17N7S2/c1-3-7-17-13-21-14(18-8-4-2)23-15(22-13)19-10-5-6-11-12(9-10)25-16(24)20-11/h3-6,9H,1-2,7-8H2,(H,20,24)(H3,17,18,19,21,22,23). The highest BCUT2D eigenvalue weighted by atomic mass is 32.1. The molecular formula is C16H17N7S2. The Balaban J connectivity index is 1.88. The predicted molar refractivity (Wildman–Crippen MR) is 107 cm³/mol. The SMILES string of the molecule is C=CCNc1nc(NCC=C)nc(Nc2ccc3[nH]c(=S)sc3c2)n1. The van der Waals surface area contributed by atoms with Gasteiger partial charge in [-0.1, -0.05) is 12.2 Å². The van der Waals surface area contributed by atoms with Gasteiger partial charge in [0, 0.05) is 18.8 Å². The molecule has 0 radical (unpaired) electrons. The number of rotatable bonds is 8. The molecule has 2 heterocycles. The molecule has 0 spiro atoms. The molecule has 2 aromatic heterocycles. The number of nitrogens with zero attached hydrogens (tertiary/aromatic N) is 3. The third kappa shape index (κ3) is 4.40. The smallest absolute Gasteiger partial charge is 0.233 e. The topological polar surface area (TPSA) is 90.5 Å². The lowest BCUT2D eigenvalue weighted by Gasteiger charge is -2.10. The van der Waals surface area contributed by atoms with Crippen LogP contribution in [0.15, 0.2) is 43.5 Å². The molecule has 0 aliphatic carbocycles. The summed E-state index contributed by atoms with van der Waals surface area (Å²) in [6.07, 6.45) is 3.47. The van der Waals surface area contributed by atoms with E-state index in [1.807, 2.05) is 18.2 Å². The highest BCUT2D eigenvalue weighted by molar-refractivity contribution is 7.73. The van der Waals surface area contributed by atoms with E-state index in [0.29, 0.717) is 30.9 Å². The Morgan fingerprint density at radius 2 is 1.68 bits per heavy atom. The molecule has 0 amide bonds. The Kier molecular flexibility index (Phi) is 5.36. The molecule has 25 heavy (non-hydrogen) atoms. The predicted octanol–water partition coefficient (Wildman–Crippen LogP) is 4.08. The van der Waals surface area contributed by atoms with Crippen molar-refractivity contribution in [3.63, 3.8) is 0 Å². The molecule has 0 aliphatic rings. The van der Waals surface area contributed by atoms with E-state index in [-0.39, 0.29) is 0 Å². The largest absolute Gasteiger partial charge is 0.351 e. The molecule has 0 atom stereocenters. The molecule has 7 nitrogen and oxygen atoms in total. The zero-order valence-electron chi connectivity index (χ0n) is 13.4. The lowest BCUT2D eigenvalue weighted by molar-refractivity contribution is 1.03. The van der Waals surface area contributed by atoms with E-state index >= 15 is 0 Å². The van der Waals surface area contributed by atoms with Crippen LogP contribution in [0.25, 0.3) is 10.2 Å². The first-order valence-electron chi connectivity index (χ1n) is 7.53. The normalized spacial score (nSPS) is 10.4. The zero-order chi connectivity index (χ0) is 17.6. The molecule has 0 fully saturated rings. The first kappa shape index (κ1) is 17.1. The number of H-pyrrole nitrogens is 1. The van der Waals surface area contributed by atoms with Gasteiger partial charge in [0.1, 0.15) is 0 Å². The number of hydrogen-bond acceptors (Lipinski definition) is 8. The van der Waals surface area contributed by atoms with Crippen LogP contribution in [0.1, 0.15) is 0 Å². The van der Waals surface area contributed by atoms with Gasteiger partial charge in [0.05, 0.1) is 10.2 Å². The van der Waals surface area contributed by atoms with Crippen molar-refractivity contribution in [2.75, 3.05) is 29.0 Å². The summed E-state index contributed by atoms with van der Waals surface area (Å²) in [5, 5.41) is 9.34. The maximum atomic E-state index is 5.18. The van der Waals surface area contributed by atoms with Crippen molar-refractivity contribution in [2.24, 2.45) is 0 Å². The first-order valence-corrected chi connectivity index (χ1v) is 8.76. The van der Waals surface area contributed by atoms with Gasteiger partial charge in [-0.3, -0.25) is 0 Å². The van der Waals surface area contributed by atoms with Crippen LogP contribution in [-0.2, 0) is 0 Å². The summed E-state index contributed by atoms with van der Waals surface area (Å²) in [7, 11) is 0. The van der Waals surface area contributed by atoms with Gasteiger partial charge >= 0.3 is 0 Å². The lowest BCUT2D eigenvalue weighted by atomic mass is 10.3. The van der Waals surface area contributed by atoms with Crippen LogP contribution in [0.2, 0.25) is 0 Å². The number of thiazole rings is 1. The molecular weight excluding hydrogens is 354 g/mol. The van der Waals surface area contributed by atoms with Gasteiger partial charge in [0.2, 0.25) is 17.8 Å². The fourth-order valence-electron chi connectivity index (χ4n) is 2.07. The van der Waals surface area contributed by atoms with Crippen molar-refractivity contribution in [3.8, 4) is 0 Å². The van der Waals surface area contributed by atoms with Crippen LogP contribution < -0.4 is 16.0 Å². The van der Waals surface area contributed by atoms with Gasteiger partial charge in [-0.2, -0.15) is 15.0 Å². The molecule has 0 unspecified atom stereocenters. The number of hydrogen-bond donors (Lipinski definition) is 4. The second-order valence-corrected chi connectivity index (χ2v) is 6.71. The summed E-state index contributed by atoms with van der Waals surface area (Å²) < 4.78 is 1.82. The molecule has 1 aromatic carbocycles. The maximum absolute atomic E-state index is 5.18. The van der Waals surface area contributed by atoms with Crippen LogP contribution in [0.5, 0.6) is 0 Å². The molecule has 4 N–H and O–H groups in total. The number of fused-ring (bicyclic) bond motifs is 1. The molecule has 0 saturated carbocycles. The van der Waals surface area contributed by atoms with Gasteiger partial charge in [-0.05, 0) is 30.4 Å². The average molecular weight is 371 g/mol. The summed E-state index contributed by atoms with van der Waals surface area (Å²) in [4.78, 5) is 16.2. The van der Waals surface area contributed by atoms with Gasteiger partial charge < -0.3 is 20.9 Å². The van der Waals surface area contributed by atoms with E-state index in [1.54, 1.807) is 12.2 Å². The van der Waals surface area contributed by atoms with E-state index < -0.39 is 0 Å². The number of aromatic nitrogens is 4. The third-order valence-electron chi connectivity index (χ3n) is 3.12. The van der Waals surface area contributed by atoms with E-state index in [1.165, 1.54) is 11.3 Å². The third-order valence-corrected chi connectivity index (χ3v) is 4.32. The summed E-state index contributed by atoms with van der Waals surface area (Å²) in [6.45, 7) is 8.48. The minimum atomic E-state index is 0.437. The summed E-state index contributed by atoms with van der Waals surface area (Å²) >= 11 is 6.70. The Morgan fingerprint density at radius 3 is 2.32 bits per heavy atom. The Hall–Kier alpha value is -2.78. The number of nitrogens with one attached hydrogen (secondary N) is 4. The van der Waals surface area contributed by atoms with Crippen molar-refractivity contribution >= 4 is 57.3 Å². The minimum absolute atomic E-state index is 0.437. The molecule has 0 aliphatic heterocycles. The molecule has 0 saturated heterocycles. The second-order valence-electron chi connectivity index (χ2n) is 5.00. The van der Waals surface area contributed by atoms with Crippen LogP contribution in [0.3, 0.4) is 0 Å². The highest BCUT2D eigenvalue weighted by Gasteiger charge is 2.07. The fraction of sp³-hybridized carbons (Fsp3) is 0.125. The molecule has 0 bridgehead atoms. The van der Waals surface area contributed by atoms with Crippen LogP contribution in [0, 0.1) is 3.95 Å². The van der Waals surface area contributed by atoms with E-state index in [4.69, 9.17) is 12.2 Å². The zero-order valence-corrected chi connectivity index (χ0v) is 15.0. The van der Waals surface area contributed by atoms with Gasteiger partial charge in [-0.15, -0.1) is 24.5 Å². The van der Waals surface area contributed by atoms with Crippen molar-refractivity contribution in [1.29, 1.82) is 0 Å². The molecule has 3 aromatic rings. The molecule has 128 valence electrons. The first-order chi connectivity index (χ1) is 12.2. The maximum Gasteiger partial charge on any atom is 0.233 e. The summed E-state index contributed by atoms with van der Waals surface area (Å²) in [6, 6.07) is 5.92. The van der Waals surface area contributed by atoms with Gasteiger partial charge in [0.15, 0.2) is 3.95 Å². The quantitative estimate of drug-likeness (QED) is 0.350. The monoisotopic (exact) mass is 371 g/mol. The Bertz CT molecular complexity index is 930. The number of benzene rings is 1. The van der Waals surface area contributed by atoms with Crippen molar-refractivity contribution in [3.05, 3.63) is 47.5 Å². The van der Waals surface area contributed by atoms with E-state index in [2.05, 4.69) is 49.0 Å². The van der Waals surface area contributed by atoms with Crippen LogP contribution >= 0.6 is 23.6 Å². The van der Waals surface area contributed by atoms with E-state index in [0.717, 1.165) is 19.9 Å². The van der Waals surface area contributed by atoms with E-state index in [9.17, 15) is 0 Å². The minimum Gasteiger partial charge on any atom is -0.351 e. The van der Waals surface area contributed by atoms with Crippen molar-refractivity contribution in [2.45, 2.75) is 0 Å². The van der Waals surface area contributed by atoms with Crippen molar-refractivity contribution < 1.29 is 0 Å². The second kappa shape index (κ2) is 7.86. The van der Waals surface area contributed by atoms with Crippen molar-refractivity contribution in [1.82, 2.24) is 19.9 Å².